The van der Waals surface area contributed by atoms with E-state index >= 15 is 0 Å². The lowest BCUT2D eigenvalue weighted by Gasteiger charge is -2.34. The summed E-state index contributed by atoms with van der Waals surface area (Å²) in [5.74, 6) is 2.36. The molecule has 154 valence electrons. The van der Waals surface area contributed by atoms with Gasteiger partial charge in [-0.3, -0.25) is 9.78 Å². The molecule has 1 saturated carbocycles. The second-order valence-electron chi connectivity index (χ2n) is 8.09. The van der Waals surface area contributed by atoms with Gasteiger partial charge in [0.2, 0.25) is 5.91 Å². The fourth-order valence-corrected chi connectivity index (χ4v) is 5.03. The van der Waals surface area contributed by atoms with Crippen LogP contribution in [0.25, 0.3) is 0 Å². The van der Waals surface area contributed by atoms with E-state index in [0.29, 0.717) is 6.04 Å². The van der Waals surface area contributed by atoms with Crippen LogP contribution >= 0.6 is 11.8 Å². The van der Waals surface area contributed by atoms with Crippen LogP contribution in [0, 0.1) is 5.92 Å². The monoisotopic (exact) mass is 410 g/mol. The Morgan fingerprint density at radius 3 is 2.55 bits per heavy atom. The molecule has 1 N–H and O–H groups in total. The summed E-state index contributed by atoms with van der Waals surface area (Å²) >= 11 is 1.72. The molecule has 5 nitrogen and oxygen atoms in total. The van der Waals surface area contributed by atoms with Gasteiger partial charge in [-0.1, -0.05) is 49.6 Å². The predicted molar refractivity (Wildman–Crippen MR) is 118 cm³/mol. The van der Waals surface area contributed by atoms with Crippen molar-refractivity contribution < 1.29 is 4.79 Å². The number of aromatic nitrogens is 2. The third-order valence-electron chi connectivity index (χ3n) is 5.97. The lowest BCUT2D eigenvalue weighted by molar-refractivity contribution is -0.126. The van der Waals surface area contributed by atoms with Crippen molar-refractivity contribution in [2.75, 3.05) is 18.0 Å². The van der Waals surface area contributed by atoms with Gasteiger partial charge in [-0.2, -0.15) is 0 Å². The Morgan fingerprint density at radius 2 is 1.79 bits per heavy atom. The largest absolute Gasteiger partial charge is 0.355 e. The minimum Gasteiger partial charge on any atom is -0.355 e. The quantitative estimate of drug-likeness (QED) is 0.714. The predicted octanol–water partition coefficient (Wildman–Crippen LogP) is 4.43. The van der Waals surface area contributed by atoms with Crippen LogP contribution in [0.1, 0.15) is 50.5 Å². The van der Waals surface area contributed by atoms with E-state index < -0.39 is 0 Å². The summed E-state index contributed by atoms with van der Waals surface area (Å²) in [4.78, 5) is 24.0. The van der Waals surface area contributed by atoms with Crippen molar-refractivity contribution in [2.45, 2.75) is 61.8 Å². The highest BCUT2D eigenvalue weighted by Crippen LogP contribution is 2.26. The van der Waals surface area contributed by atoms with Gasteiger partial charge in [0.1, 0.15) is 10.8 Å². The minimum atomic E-state index is 0.242. The maximum absolute atomic E-state index is 12.5. The topological polar surface area (TPSA) is 58.1 Å². The molecule has 0 atom stereocenters. The number of carbonyl (C=O) groups excluding carboxylic acids is 1. The van der Waals surface area contributed by atoms with Crippen molar-refractivity contribution in [1.82, 2.24) is 15.3 Å². The molecule has 1 saturated heterocycles. The standard InChI is InChI=1S/C23H30N4OS/c28-23(19-9-5-2-6-10-19)25-20-11-13-27(14-12-20)21-15-24-16-22(26-21)29-17-18-7-3-1-4-8-18/h1,3-4,7-8,15-16,19-20H,2,5-6,9-14,17H2,(H,25,28). The van der Waals surface area contributed by atoms with Crippen LogP contribution in [0.4, 0.5) is 5.82 Å². The normalized spacial score (nSPS) is 18.6. The third-order valence-corrected chi connectivity index (χ3v) is 6.94. The van der Waals surface area contributed by atoms with Crippen LogP contribution < -0.4 is 10.2 Å². The lowest BCUT2D eigenvalue weighted by Crippen LogP contribution is -2.46. The number of nitrogens with zero attached hydrogens (tertiary/aromatic N) is 3. The molecule has 0 bridgehead atoms. The average molecular weight is 411 g/mol. The molecule has 0 spiro atoms. The molecule has 2 aromatic rings. The van der Waals surface area contributed by atoms with E-state index in [4.69, 9.17) is 4.98 Å². The Labute approximate surface area is 177 Å². The molecule has 1 aromatic heterocycles. The highest BCUT2D eigenvalue weighted by atomic mass is 32.2. The summed E-state index contributed by atoms with van der Waals surface area (Å²) in [6.45, 7) is 1.83. The number of piperidine rings is 1. The van der Waals surface area contributed by atoms with E-state index in [-0.39, 0.29) is 11.8 Å². The van der Waals surface area contributed by atoms with Gasteiger partial charge in [-0.25, -0.2) is 4.98 Å². The van der Waals surface area contributed by atoms with Gasteiger partial charge < -0.3 is 10.2 Å². The fraction of sp³-hybridized carbons (Fsp3) is 0.522. The van der Waals surface area contributed by atoms with Crippen molar-refractivity contribution in [3.8, 4) is 0 Å². The van der Waals surface area contributed by atoms with E-state index in [2.05, 4.69) is 39.5 Å². The zero-order chi connectivity index (χ0) is 19.9. The van der Waals surface area contributed by atoms with E-state index in [1.807, 2.05) is 18.5 Å². The first-order valence-electron chi connectivity index (χ1n) is 10.8. The minimum absolute atomic E-state index is 0.242. The summed E-state index contributed by atoms with van der Waals surface area (Å²) < 4.78 is 0. The van der Waals surface area contributed by atoms with Crippen molar-refractivity contribution in [2.24, 2.45) is 5.92 Å². The molecular formula is C23H30N4OS. The first-order chi connectivity index (χ1) is 14.3. The maximum Gasteiger partial charge on any atom is 0.223 e. The second kappa shape index (κ2) is 10.1. The van der Waals surface area contributed by atoms with E-state index in [1.165, 1.54) is 24.8 Å². The molecule has 6 heteroatoms. The first-order valence-corrected chi connectivity index (χ1v) is 11.8. The Balaban J connectivity index is 1.26. The number of thioether (sulfide) groups is 1. The molecular weight excluding hydrogens is 380 g/mol. The Bertz CT molecular complexity index is 786. The SMILES string of the molecule is O=C(NC1CCN(c2cncc(SCc3ccccc3)n2)CC1)C1CCCCC1. The van der Waals surface area contributed by atoms with Crippen LogP contribution in [-0.2, 0) is 10.5 Å². The van der Waals surface area contributed by atoms with Crippen LogP contribution in [0.3, 0.4) is 0 Å². The van der Waals surface area contributed by atoms with Gasteiger partial charge in [0.25, 0.3) is 0 Å². The van der Waals surface area contributed by atoms with Gasteiger partial charge in [-0.15, -0.1) is 11.8 Å². The van der Waals surface area contributed by atoms with E-state index in [1.54, 1.807) is 11.8 Å². The molecule has 29 heavy (non-hydrogen) atoms. The lowest BCUT2D eigenvalue weighted by atomic mass is 9.88. The molecule has 1 aliphatic carbocycles. The maximum atomic E-state index is 12.5. The van der Waals surface area contributed by atoms with E-state index in [0.717, 1.165) is 55.4 Å². The van der Waals surface area contributed by atoms with Crippen molar-refractivity contribution >= 4 is 23.5 Å². The second-order valence-corrected chi connectivity index (χ2v) is 9.09. The van der Waals surface area contributed by atoms with Gasteiger partial charge in [0.15, 0.2) is 0 Å². The Morgan fingerprint density at radius 1 is 1.03 bits per heavy atom. The number of anilines is 1. The molecule has 2 aliphatic rings. The van der Waals surface area contributed by atoms with Crippen LogP contribution in [-0.4, -0.2) is 35.0 Å². The summed E-state index contributed by atoms with van der Waals surface area (Å²) in [6.07, 6.45) is 11.5. The van der Waals surface area contributed by atoms with E-state index in [9.17, 15) is 4.79 Å². The highest BCUT2D eigenvalue weighted by Gasteiger charge is 2.26. The van der Waals surface area contributed by atoms with Gasteiger partial charge in [-0.05, 0) is 31.2 Å². The molecule has 2 fully saturated rings. The third kappa shape index (κ3) is 5.72. The summed E-state index contributed by atoms with van der Waals surface area (Å²) in [5.41, 5.74) is 1.29. The average Bonchev–Trinajstić information content (AvgIpc) is 2.80. The number of rotatable bonds is 6. The number of carbonyl (C=O) groups is 1. The number of nitrogens with one attached hydrogen (secondary N) is 1. The fourth-order valence-electron chi connectivity index (χ4n) is 4.23. The molecule has 0 unspecified atom stereocenters. The van der Waals surface area contributed by atoms with Crippen molar-refractivity contribution in [3.05, 3.63) is 48.3 Å². The van der Waals surface area contributed by atoms with Crippen LogP contribution in [0.15, 0.2) is 47.8 Å². The van der Waals surface area contributed by atoms with Gasteiger partial charge >= 0.3 is 0 Å². The number of benzene rings is 1. The van der Waals surface area contributed by atoms with Crippen LogP contribution in [0.5, 0.6) is 0 Å². The number of amides is 1. The first kappa shape index (κ1) is 20.2. The van der Waals surface area contributed by atoms with Gasteiger partial charge in [0.05, 0.1) is 12.4 Å². The van der Waals surface area contributed by atoms with Crippen molar-refractivity contribution in [3.63, 3.8) is 0 Å². The smallest absolute Gasteiger partial charge is 0.223 e. The molecule has 2 heterocycles. The molecule has 0 radical (unpaired) electrons. The number of hydrogen-bond acceptors (Lipinski definition) is 5. The molecule has 4 rings (SSSR count). The summed E-state index contributed by atoms with van der Waals surface area (Å²) in [5, 5.41) is 4.26. The van der Waals surface area contributed by atoms with Crippen molar-refractivity contribution in [1.29, 1.82) is 0 Å². The summed E-state index contributed by atoms with van der Waals surface area (Å²) in [7, 11) is 0. The molecule has 1 aromatic carbocycles. The van der Waals surface area contributed by atoms with Crippen LogP contribution in [0.2, 0.25) is 0 Å². The Kier molecular flexibility index (Phi) is 7.04. The summed E-state index contributed by atoms with van der Waals surface area (Å²) in [6, 6.07) is 10.7. The van der Waals surface area contributed by atoms with Gasteiger partial charge in [0, 0.05) is 30.8 Å². The zero-order valence-corrected chi connectivity index (χ0v) is 17.7. The molecule has 1 aliphatic heterocycles. The zero-order valence-electron chi connectivity index (χ0n) is 16.9. The highest BCUT2D eigenvalue weighted by molar-refractivity contribution is 7.98. The number of hydrogen-bond donors (Lipinski definition) is 1. The Hall–Kier alpha value is -2.08. The molecule has 1 amide bonds.